The molecule has 1 N–H and O–H groups in total. The Labute approximate surface area is 129 Å². The molecule has 1 aromatic carbocycles. The average Bonchev–Trinajstić information content (AvgIpc) is 2.46. The zero-order chi connectivity index (χ0) is 17.8. The SMILES string of the molecule is C[C@H](CC#N)N(C)C(=O)C(=O)Nc1ccc(F)cc1C(F)(F)F. The highest BCUT2D eigenvalue weighted by atomic mass is 19.4. The first-order valence-electron chi connectivity index (χ1n) is 6.39. The van der Waals surface area contributed by atoms with E-state index in [-0.39, 0.29) is 12.5 Å². The van der Waals surface area contributed by atoms with Gasteiger partial charge in [0.2, 0.25) is 0 Å². The molecule has 0 radical (unpaired) electrons. The smallest absolute Gasteiger partial charge is 0.334 e. The van der Waals surface area contributed by atoms with Crippen molar-refractivity contribution in [1.82, 2.24) is 4.90 Å². The van der Waals surface area contributed by atoms with Crippen molar-refractivity contribution < 1.29 is 27.2 Å². The maximum absolute atomic E-state index is 13.0. The van der Waals surface area contributed by atoms with Crippen LogP contribution in [0, 0.1) is 17.1 Å². The maximum atomic E-state index is 13.0. The molecule has 23 heavy (non-hydrogen) atoms. The summed E-state index contributed by atoms with van der Waals surface area (Å²) >= 11 is 0. The molecular weight excluding hydrogens is 318 g/mol. The number of benzene rings is 1. The van der Waals surface area contributed by atoms with E-state index in [1.54, 1.807) is 0 Å². The molecule has 1 aromatic rings. The second-order valence-corrected chi connectivity index (χ2v) is 4.77. The number of rotatable bonds is 3. The maximum Gasteiger partial charge on any atom is 0.418 e. The van der Waals surface area contributed by atoms with E-state index in [1.807, 2.05) is 11.4 Å². The van der Waals surface area contributed by atoms with Crippen molar-refractivity contribution in [3.8, 4) is 6.07 Å². The Kier molecular flexibility index (Phi) is 5.68. The van der Waals surface area contributed by atoms with Gasteiger partial charge in [-0.25, -0.2) is 4.39 Å². The monoisotopic (exact) mass is 331 g/mol. The molecule has 0 aromatic heterocycles. The number of hydrogen-bond acceptors (Lipinski definition) is 3. The van der Waals surface area contributed by atoms with E-state index < -0.39 is 41.1 Å². The van der Waals surface area contributed by atoms with Crippen LogP contribution >= 0.6 is 0 Å². The number of nitrogens with zero attached hydrogens (tertiary/aromatic N) is 2. The molecule has 0 aliphatic heterocycles. The van der Waals surface area contributed by atoms with Gasteiger partial charge < -0.3 is 10.2 Å². The number of amides is 2. The van der Waals surface area contributed by atoms with Crippen LogP contribution in [0.25, 0.3) is 0 Å². The summed E-state index contributed by atoms with van der Waals surface area (Å²) < 4.78 is 51.4. The Morgan fingerprint density at radius 2 is 2.00 bits per heavy atom. The lowest BCUT2D eigenvalue weighted by atomic mass is 10.1. The molecule has 0 spiro atoms. The van der Waals surface area contributed by atoms with Crippen LogP contribution in [-0.2, 0) is 15.8 Å². The molecule has 5 nitrogen and oxygen atoms in total. The normalized spacial score (nSPS) is 12.2. The topological polar surface area (TPSA) is 73.2 Å². The van der Waals surface area contributed by atoms with Crippen molar-refractivity contribution in [1.29, 1.82) is 5.26 Å². The van der Waals surface area contributed by atoms with Crippen LogP contribution in [0.1, 0.15) is 18.9 Å². The van der Waals surface area contributed by atoms with Crippen molar-refractivity contribution >= 4 is 17.5 Å². The van der Waals surface area contributed by atoms with Crippen LogP contribution in [0.3, 0.4) is 0 Å². The van der Waals surface area contributed by atoms with Gasteiger partial charge in [0, 0.05) is 13.1 Å². The van der Waals surface area contributed by atoms with E-state index in [9.17, 15) is 27.2 Å². The van der Waals surface area contributed by atoms with Gasteiger partial charge in [0.1, 0.15) is 5.82 Å². The molecule has 0 bridgehead atoms. The van der Waals surface area contributed by atoms with E-state index >= 15 is 0 Å². The summed E-state index contributed by atoms with van der Waals surface area (Å²) in [6.07, 6.45) is -4.94. The quantitative estimate of drug-likeness (QED) is 0.683. The van der Waals surface area contributed by atoms with Gasteiger partial charge in [0.05, 0.1) is 23.7 Å². The molecule has 124 valence electrons. The fourth-order valence-corrected chi connectivity index (χ4v) is 1.67. The Hall–Kier alpha value is -2.63. The van der Waals surface area contributed by atoms with Gasteiger partial charge in [-0.3, -0.25) is 9.59 Å². The number of nitrogens with one attached hydrogen (secondary N) is 1. The number of hydrogen-bond donors (Lipinski definition) is 1. The molecule has 0 fully saturated rings. The number of carbonyl (C=O) groups is 2. The first-order chi connectivity index (χ1) is 10.6. The zero-order valence-electron chi connectivity index (χ0n) is 12.2. The first-order valence-corrected chi connectivity index (χ1v) is 6.39. The predicted octanol–water partition coefficient (Wildman–Crippen LogP) is 2.54. The predicted molar refractivity (Wildman–Crippen MR) is 72.5 cm³/mol. The van der Waals surface area contributed by atoms with Crippen LogP contribution in [0.5, 0.6) is 0 Å². The molecule has 0 heterocycles. The van der Waals surface area contributed by atoms with Crippen molar-refractivity contribution in [3.63, 3.8) is 0 Å². The summed E-state index contributed by atoms with van der Waals surface area (Å²) in [7, 11) is 1.25. The minimum absolute atomic E-state index is 0.0418. The Morgan fingerprint density at radius 1 is 1.39 bits per heavy atom. The summed E-state index contributed by atoms with van der Waals surface area (Å²) in [5, 5.41) is 10.4. The summed E-state index contributed by atoms with van der Waals surface area (Å²) in [6.45, 7) is 1.51. The third-order valence-electron chi connectivity index (χ3n) is 3.10. The van der Waals surface area contributed by atoms with Crippen LogP contribution in [0.15, 0.2) is 18.2 Å². The minimum Gasteiger partial charge on any atom is -0.334 e. The van der Waals surface area contributed by atoms with E-state index in [0.717, 1.165) is 17.0 Å². The second-order valence-electron chi connectivity index (χ2n) is 4.77. The van der Waals surface area contributed by atoms with E-state index in [0.29, 0.717) is 0 Å². The standard InChI is InChI=1S/C14H13F4N3O2/c1-8(5-6-19)21(2)13(23)12(22)20-11-4-3-9(15)7-10(11)14(16,17)18/h3-4,7-8H,5H2,1-2H3,(H,20,22)/t8-/m1/s1. The van der Waals surface area contributed by atoms with Crippen LogP contribution in [0.4, 0.5) is 23.2 Å². The summed E-state index contributed by atoms with van der Waals surface area (Å²) in [5.74, 6) is -3.54. The van der Waals surface area contributed by atoms with Crippen LogP contribution in [-0.4, -0.2) is 29.8 Å². The van der Waals surface area contributed by atoms with Crippen LogP contribution < -0.4 is 5.32 Å². The number of alkyl halides is 3. The first kappa shape index (κ1) is 18.4. The number of likely N-dealkylation sites (N-methyl/N-ethyl adjacent to an activating group) is 1. The van der Waals surface area contributed by atoms with E-state index in [4.69, 9.17) is 5.26 Å². The van der Waals surface area contributed by atoms with Crippen molar-refractivity contribution in [2.75, 3.05) is 12.4 Å². The molecule has 0 unspecified atom stereocenters. The second kappa shape index (κ2) is 7.09. The lowest BCUT2D eigenvalue weighted by molar-refractivity contribution is -0.143. The molecule has 1 atom stereocenters. The number of halogens is 4. The molecule has 0 aliphatic rings. The summed E-state index contributed by atoms with van der Waals surface area (Å²) in [4.78, 5) is 24.6. The number of anilines is 1. The molecule has 9 heteroatoms. The summed E-state index contributed by atoms with van der Waals surface area (Å²) in [6, 6.07) is 2.90. The highest BCUT2D eigenvalue weighted by Crippen LogP contribution is 2.35. The highest BCUT2D eigenvalue weighted by Gasteiger charge is 2.35. The zero-order valence-corrected chi connectivity index (χ0v) is 12.2. The molecule has 0 saturated heterocycles. The van der Waals surface area contributed by atoms with Gasteiger partial charge in [-0.15, -0.1) is 0 Å². The van der Waals surface area contributed by atoms with Gasteiger partial charge in [0.25, 0.3) is 0 Å². The fourth-order valence-electron chi connectivity index (χ4n) is 1.67. The molecule has 2 amide bonds. The number of nitriles is 1. The fraction of sp³-hybridized carbons (Fsp3) is 0.357. The van der Waals surface area contributed by atoms with Crippen molar-refractivity contribution in [2.45, 2.75) is 25.6 Å². The van der Waals surface area contributed by atoms with Crippen LogP contribution in [0.2, 0.25) is 0 Å². The average molecular weight is 331 g/mol. The van der Waals surface area contributed by atoms with Gasteiger partial charge in [-0.05, 0) is 25.1 Å². The molecular formula is C14H13F4N3O2. The third-order valence-corrected chi connectivity index (χ3v) is 3.10. The lowest BCUT2D eigenvalue weighted by Gasteiger charge is -2.22. The van der Waals surface area contributed by atoms with Crippen molar-refractivity contribution in [3.05, 3.63) is 29.6 Å². The minimum atomic E-state index is -4.90. The molecule has 0 aliphatic carbocycles. The van der Waals surface area contributed by atoms with E-state index in [2.05, 4.69) is 0 Å². The lowest BCUT2D eigenvalue weighted by Crippen LogP contribution is -2.42. The molecule has 1 rings (SSSR count). The van der Waals surface area contributed by atoms with E-state index in [1.165, 1.54) is 14.0 Å². The Balaban J connectivity index is 2.98. The van der Waals surface area contributed by atoms with Gasteiger partial charge in [0.15, 0.2) is 0 Å². The Bertz CT molecular complexity index is 652. The largest absolute Gasteiger partial charge is 0.418 e. The van der Waals surface area contributed by atoms with Gasteiger partial charge in [-0.1, -0.05) is 0 Å². The van der Waals surface area contributed by atoms with Gasteiger partial charge in [-0.2, -0.15) is 18.4 Å². The Morgan fingerprint density at radius 3 is 2.52 bits per heavy atom. The summed E-state index contributed by atoms with van der Waals surface area (Å²) in [5.41, 5.74) is -2.12. The van der Waals surface area contributed by atoms with Crippen molar-refractivity contribution in [2.24, 2.45) is 0 Å². The highest BCUT2D eigenvalue weighted by molar-refractivity contribution is 6.39. The number of carbonyl (C=O) groups excluding carboxylic acids is 2. The third kappa shape index (κ3) is 4.67. The molecule has 0 saturated carbocycles. The van der Waals surface area contributed by atoms with Gasteiger partial charge >= 0.3 is 18.0 Å².